The number of nitrogens with one attached hydrogen (secondary N) is 3. The zero-order valence-corrected chi connectivity index (χ0v) is 24.0. The molecule has 210 valence electrons. The Morgan fingerprint density at radius 1 is 1.21 bits per heavy atom. The number of fused-ring (bicyclic) bond motifs is 2. The summed E-state index contributed by atoms with van der Waals surface area (Å²) in [6.45, 7) is 8.90. The molecule has 0 aromatic carbocycles. The maximum atomic E-state index is 12.6. The van der Waals surface area contributed by atoms with Gasteiger partial charge < -0.3 is 20.7 Å². The Labute approximate surface area is 230 Å². The number of amides is 2. The van der Waals surface area contributed by atoms with Gasteiger partial charge in [0.1, 0.15) is 11.6 Å². The molecule has 8 nitrogen and oxygen atoms in total. The first-order valence-corrected chi connectivity index (χ1v) is 15.1. The van der Waals surface area contributed by atoms with Gasteiger partial charge in [-0.05, 0) is 81.8 Å². The standard InChI is InChI=1S/C29H44N4O4S/c1-19-11-21-13-22(12-19)16-29(3,15-21)18-37-28(36)33-20(2)17-32-27(35)25-8-7-24(38-25)6-5-23(34)14-26-30-9-4-10-31-26/h7-8,19-22H,4-6,9-18H2,1-3H3,(H,30,31)(H,32,35)(H,33,36). The second kappa shape index (κ2) is 13.1. The number of rotatable bonds is 11. The Bertz CT molecular complexity index is 1000. The molecule has 3 unspecified atom stereocenters. The van der Waals surface area contributed by atoms with Gasteiger partial charge in [-0.2, -0.15) is 0 Å². The first kappa shape index (κ1) is 28.6. The normalized spacial score (nSPS) is 27.4. The van der Waals surface area contributed by atoms with Gasteiger partial charge in [0.2, 0.25) is 0 Å². The second-order valence-electron chi connectivity index (χ2n) is 12.2. The molecule has 0 spiro atoms. The maximum absolute atomic E-state index is 12.6. The molecule has 38 heavy (non-hydrogen) atoms. The van der Waals surface area contributed by atoms with Crippen molar-refractivity contribution in [3.63, 3.8) is 0 Å². The van der Waals surface area contributed by atoms with Crippen LogP contribution in [0.25, 0.3) is 0 Å². The third-order valence-corrected chi connectivity index (χ3v) is 9.20. The van der Waals surface area contributed by atoms with Crippen LogP contribution in [0.3, 0.4) is 0 Å². The molecule has 9 heteroatoms. The van der Waals surface area contributed by atoms with Crippen molar-refractivity contribution in [2.45, 2.75) is 84.6 Å². The first-order chi connectivity index (χ1) is 18.2. The fourth-order valence-corrected chi connectivity index (χ4v) is 7.49. The van der Waals surface area contributed by atoms with Crippen molar-refractivity contribution in [1.29, 1.82) is 0 Å². The van der Waals surface area contributed by atoms with Gasteiger partial charge >= 0.3 is 6.09 Å². The largest absolute Gasteiger partial charge is 0.449 e. The highest BCUT2D eigenvalue weighted by Gasteiger charge is 2.41. The van der Waals surface area contributed by atoms with Gasteiger partial charge in [0.05, 0.1) is 17.9 Å². The summed E-state index contributed by atoms with van der Waals surface area (Å²) in [7, 11) is 0. The lowest BCUT2D eigenvalue weighted by Crippen LogP contribution is -2.44. The van der Waals surface area contributed by atoms with Crippen molar-refractivity contribution >= 4 is 35.0 Å². The number of ether oxygens (including phenoxy) is 1. The number of hydrogen-bond donors (Lipinski definition) is 3. The molecule has 2 fully saturated rings. The highest BCUT2D eigenvalue weighted by molar-refractivity contribution is 7.14. The van der Waals surface area contributed by atoms with E-state index in [9.17, 15) is 14.4 Å². The van der Waals surface area contributed by atoms with Crippen molar-refractivity contribution in [2.24, 2.45) is 28.2 Å². The van der Waals surface area contributed by atoms with Crippen LogP contribution in [0.15, 0.2) is 17.1 Å². The van der Waals surface area contributed by atoms with Crippen molar-refractivity contribution < 1.29 is 19.1 Å². The van der Waals surface area contributed by atoms with E-state index in [0.717, 1.165) is 60.8 Å². The average Bonchev–Trinajstić information content (AvgIpc) is 3.34. The van der Waals surface area contributed by atoms with Gasteiger partial charge in [-0.15, -0.1) is 11.3 Å². The molecule has 3 N–H and O–H groups in total. The fraction of sp³-hybridized carbons (Fsp3) is 0.724. The number of carbonyl (C=O) groups excluding carboxylic acids is 3. The highest BCUT2D eigenvalue weighted by Crippen LogP contribution is 2.50. The molecule has 1 aliphatic heterocycles. The zero-order valence-electron chi connectivity index (χ0n) is 23.1. The molecular formula is C29H44N4O4S. The van der Waals surface area contributed by atoms with Gasteiger partial charge in [0, 0.05) is 42.4 Å². The van der Waals surface area contributed by atoms with Crippen LogP contribution < -0.4 is 16.0 Å². The molecule has 2 heterocycles. The van der Waals surface area contributed by atoms with E-state index in [0.29, 0.717) is 37.3 Å². The number of Topliss-reactive ketones (excluding diaryl/α,β-unsaturated/α-hetero) is 1. The Morgan fingerprint density at radius 2 is 1.97 bits per heavy atom. The summed E-state index contributed by atoms with van der Waals surface area (Å²) < 4.78 is 5.64. The summed E-state index contributed by atoms with van der Waals surface area (Å²) in [6, 6.07) is 3.45. The molecule has 0 saturated heterocycles. The van der Waals surface area contributed by atoms with E-state index in [1.54, 1.807) is 6.07 Å². The van der Waals surface area contributed by atoms with Gasteiger partial charge in [0.15, 0.2) is 0 Å². The van der Waals surface area contributed by atoms with Gasteiger partial charge in [-0.25, -0.2) is 4.79 Å². The van der Waals surface area contributed by atoms with Crippen molar-refractivity contribution in [2.75, 3.05) is 26.2 Å². The number of amidine groups is 1. The topological polar surface area (TPSA) is 109 Å². The van der Waals surface area contributed by atoms with E-state index >= 15 is 0 Å². The Morgan fingerprint density at radius 3 is 2.68 bits per heavy atom. The summed E-state index contributed by atoms with van der Waals surface area (Å²) in [5.74, 6) is 3.10. The van der Waals surface area contributed by atoms with Crippen LogP contribution in [0.5, 0.6) is 0 Å². The number of alkyl carbamates (subject to hydrolysis) is 1. The van der Waals surface area contributed by atoms with E-state index < -0.39 is 6.09 Å². The average molecular weight is 545 g/mol. The predicted molar refractivity (Wildman–Crippen MR) is 151 cm³/mol. The minimum atomic E-state index is -0.422. The SMILES string of the molecule is CC1CC2CC(C1)CC(C)(COC(=O)NC(C)CNC(=O)c1ccc(CCC(=O)CC3=NCCCN3)s1)C2. The van der Waals surface area contributed by atoms with Crippen LogP contribution in [-0.2, 0) is 16.0 Å². The van der Waals surface area contributed by atoms with Crippen LogP contribution >= 0.6 is 11.3 Å². The zero-order chi connectivity index (χ0) is 27.1. The summed E-state index contributed by atoms with van der Waals surface area (Å²) in [4.78, 5) is 43.3. The van der Waals surface area contributed by atoms with Crippen LogP contribution in [-0.4, -0.2) is 55.9 Å². The molecule has 0 radical (unpaired) electrons. The van der Waals surface area contributed by atoms with E-state index in [-0.39, 0.29) is 23.1 Å². The molecule has 3 atom stereocenters. The van der Waals surface area contributed by atoms with Gasteiger partial charge in [0.25, 0.3) is 5.91 Å². The lowest BCUT2D eigenvalue weighted by Gasteiger charge is -2.46. The summed E-state index contributed by atoms with van der Waals surface area (Å²) in [6.07, 6.45) is 8.20. The quantitative estimate of drug-likeness (QED) is 0.373. The number of hydrogen-bond acceptors (Lipinski definition) is 7. The molecule has 1 aromatic heterocycles. The first-order valence-electron chi connectivity index (χ1n) is 14.3. The van der Waals surface area contributed by atoms with Gasteiger partial charge in [-0.3, -0.25) is 14.6 Å². The third kappa shape index (κ3) is 8.55. The highest BCUT2D eigenvalue weighted by atomic mass is 32.1. The second-order valence-corrected chi connectivity index (χ2v) is 13.4. The van der Waals surface area contributed by atoms with E-state index in [1.807, 2.05) is 13.0 Å². The minimum Gasteiger partial charge on any atom is -0.449 e. The van der Waals surface area contributed by atoms with E-state index in [2.05, 4.69) is 34.8 Å². The van der Waals surface area contributed by atoms with Crippen LogP contribution in [0, 0.1) is 23.2 Å². The molecule has 2 saturated carbocycles. The third-order valence-electron chi connectivity index (χ3n) is 8.05. The minimum absolute atomic E-state index is 0.0605. The van der Waals surface area contributed by atoms with Crippen molar-refractivity contribution in [1.82, 2.24) is 16.0 Å². The lowest BCUT2D eigenvalue weighted by molar-refractivity contribution is -0.117. The number of nitrogens with zero attached hydrogens (tertiary/aromatic N) is 1. The molecule has 2 amide bonds. The fourth-order valence-electron chi connectivity index (χ4n) is 6.57. The lowest BCUT2D eigenvalue weighted by atomic mass is 9.60. The van der Waals surface area contributed by atoms with Crippen molar-refractivity contribution in [3.05, 3.63) is 21.9 Å². The predicted octanol–water partition coefficient (Wildman–Crippen LogP) is 4.73. The molecule has 2 bridgehead atoms. The molecule has 3 aliphatic rings. The van der Waals surface area contributed by atoms with Crippen LogP contribution in [0.2, 0.25) is 0 Å². The van der Waals surface area contributed by atoms with E-state index in [4.69, 9.17) is 4.74 Å². The number of ketones is 1. The summed E-state index contributed by atoms with van der Waals surface area (Å²) in [5, 5.41) is 8.92. The van der Waals surface area contributed by atoms with Crippen molar-refractivity contribution in [3.8, 4) is 0 Å². The number of carbonyl (C=O) groups is 3. The molecule has 1 aromatic rings. The molecule has 2 aliphatic carbocycles. The summed E-state index contributed by atoms with van der Waals surface area (Å²) in [5.41, 5.74) is 0.0605. The molecule has 4 rings (SSSR count). The maximum Gasteiger partial charge on any atom is 0.407 e. The summed E-state index contributed by atoms with van der Waals surface area (Å²) >= 11 is 1.40. The Hall–Kier alpha value is -2.42. The molecular weight excluding hydrogens is 500 g/mol. The van der Waals surface area contributed by atoms with E-state index in [1.165, 1.54) is 30.6 Å². The number of aliphatic imine (C=N–C) groups is 1. The van der Waals surface area contributed by atoms with Gasteiger partial charge in [-0.1, -0.05) is 13.8 Å². The van der Waals surface area contributed by atoms with Crippen LogP contribution in [0.1, 0.15) is 86.7 Å². The monoisotopic (exact) mass is 544 g/mol. The van der Waals surface area contributed by atoms with Crippen LogP contribution in [0.4, 0.5) is 4.79 Å². The Kier molecular flexibility index (Phi) is 9.85. The number of thiophene rings is 1. The Balaban J connectivity index is 1.12. The number of aryl methyl sites for hydroxylation is 1. The smallest absolute Gasteiger partial charge is 0.407 e.